The Morgan fingerprint density at radius 2 is 1.20 bits per heavy atom. The van der Waals surface area contributed by atoms with Crippen molar-refractivity contribution in [3.8, 4) is 0 Å². The van der Waals surface area contributed by atoms with Crippen LogP contribution >= 0.6 is 0 Å². The van der Waals surface area contributed by atoms with Crippen molar-refractivity contribution in [2.75, 3.05) is 0 Å². The molecule has 3 aromatic rings. The molecule has 3 aromatic heterocycles. The fraction of sp³-hybridized carbons (Fsp3) is 0. The van der Waals surface area contributed by atoms with Crippen LogP contribution in [0.5, 0.6) is 0 Å². The van der Waals surface area contributed by atoms with Gasteiger partial charge in [0.2, 0.25) is 0 Å². The third-order valence-corrected chi connectivity index (χ3v) is 3.96. The first-order chi connectivity index (χ1) is 11.8. The molecule has 0 aromatic carbocycles. The van der Waals surface area contributed by atoms with E-state index in [1.807, 2.05) is 66.8 Å². The van der Waals surface area contributed by atoms with Crippen molar-refractivity contribution in [1.82, 2.24) is 19.9 Å². The number of nitrogens with one attached hydrogen (secondary N) is 2. The quantitative estimate of drug-likeness (QED) is 0.315. The molecular weight excluding hydrogens is 352 g/mol. The van der Waals surface area contributed by atoms with Gasteiger partial charge in [0, 0.05) is 22.6 Å². The van der Waals surface area contributed by atoms with Crippen LogP contribution in [0.3, 0.4) is 0 Å². The van der Waals surface area contributed by atoms with E-state index in [4.69, 9.17) is 0 Å². The van der Waals surface area contributed by atoms with E-state index in [9.17, 15) is 0 Å². The summed E-state index contributed by atoms with van der Waals surface area (Å²) in [4.78, 5) is 15.9. The van der Waals surface area contributed by atoms with Crippen LogP contribution in [0.4, 0.5) is 0 Å². The Morgan fingerprint density at radius 1 is 0.640 bits per heavy atom. The number of H-pyrrole nitrogens is 2. The summed E-state index contributed by atoms with van der Waals surface area (Å²) in [6, 6.07) is 17.3. The molecule has 2 aliphatic rings. The third-order valence-electron chi connectivity index (χ3n) is 3.96. The van der Waals surface area contributed by atoms with Crippen LogP contribution < -0.4 is 0 Å². The minimum atomic E-state index is 0. The Bertz CT molecular complexity index is 1080. The zero-order chi connectivity index (χ0) is 15.9. The third kappa shape index (κ3) is 3.20. The molecule has 0 amide bonds. The molecule has 0 unspecified atom stereocenters. The normalized spacial score (nSPS) is 12.2. The minimum absolute atomic E-state index is 0. The first-order valence-electron chi connectivity index (χ1n) is 7.76. The fourth-order valence-corrected chi connectivity index (χ4v) is 2.87. The number of aromatic nitrogens is 4. The first kappa shape index (κ1) is 15.6. The molecule has 5 heteroatoms. The molecule has 4 nitrogen and oxygen atoms in total. The molecule has 122 valence electrons. The van der Waals surface area contributed by atoms with Gasteiger partial charge in [0.05, 0.1) is 22.8 Å². The van der Waals surface area contributed by atoms with Crippen LogP contribution in [0, 0.1) is 6.07 Å². The van der Waals surface area contributed by atoms with Crippen LogP contribution in [0.2, 0.25) is 0 Å². The average Bonchev–Trinajstić information content (AvgIpc) is 3.32. The van der Waals surface area contributed by atoms with E-state index in [0.717, 1.165) is 44.8 Å². The van der Waals surface area contributed by atoms with Gasteiger partial charge >= 0.3 is 0 Å². The summed E-state index contributed by atoms with van der Waals surface area (Å²) in [5, 5.41) is 0. The van der Waals surface area contributed by atoms with Crippen LogP contribution in [-0.4, -0.2) is 19.9 Å². The molecule has 0 aliphatic carbocycles. The monoisotopic (exact) mass is 365 g/mol. The van der Waals surface area contributed by atoms with Crippen molar-refractivity contribution in [2.45, 2.75) is 0 Å². The topological polar surface area (TPSA) is 57.4 Å². The number of fused-ring (bicyclic) bond motifs is 8. The minimum Gasteiger partial charge on any atom is -0.428 e. The number of aromatic amines is 2. The Morgan fingerprint density at radius 3 is 1.88 bits per heavy atom. The molecule has 25 heavy (non-hydrogen) atoms. The zero-order valence-corrected chi connectivity index (χ0v) is 14.2. The van der Waals surface area contributed by atoms with E-state index in [1.165, 1.54) is 0 Å². The summed E-state index contributed by atoms with van der Waals surface area (Å²) >= 11 is 0. The second-order valence-corrected chi connectivity index (χ2v) is 5.82. The molecule has 5 heterocycles. The molecular formula is C20H13FeN4-. The Balaban J connectivity index is 0.00000157. The van der Waals surface area contributed by atoms with Gasteiger partial charge in [0.15, 0.2) is 0 Å². The van der Waals surface area contributed by atoms with Crippen LogP contribution in [0.1, 0.15) is 22.8 Å². The van der Waals surface area contributed by atoms with E-state index in [-0.39, 0.29) is 17.1 Å². The van der Waals surface area contributed by atoms with Gasteiger partial charge in [-0.15, -0.1) is 6.07 Å². The summed E-state index contributed by atoms with van der Waals surface area (Å²) in [6.07, 6.45) is 8.01. The second-order valence-electron chi connectivity index (χ2n) is 5.82. The largest absolute Gasteiger partial charge is 0.428 e. The predicted octanol–water partition coefficient (Wildman–Crippen LogP) is 4.45. The van der Waals surface area contributed by atoms with Crippen molar-refractivity contribution in [2.24, 2.45) is 0 Å². The van der Waals surface area contributed by atoms with Gasteiger partial charge < -0.3 is 9.97 Å². The van der Waals surface area contributed by atoms with Crippen LogP contribution in [0.15, 0.2) is 42.5 Å². The maximum atomic E-state index is 4.61. The molecule has 0 atom stereocenters. The van der Waals surface area contributed by atoms with Crippen LogP contribution in [-0.2, 0) is 17.1 Å². The first-order valence-corrected chi connectivity index (χ1v) is 7.76. The molecule has 0 spiro atoms. The van der Waals surface area contributed by atoms with E-state index >= 15 is 0 Å². The van der Waals surface area contributed by atoms with E-state index in [1.54, 1.807) is 0 Å². The Labute approximate surface area is 154 Å². The molecule has 0 saturated carbocycles. The molecule has 2 N–H and O–H groups in total. The smallest absolute Gasteiger partial charge is 0.0659 e. The summed E-state index contributed by atoms with van der Waals surface area (Å²) in [6.45, 7) is 0. The molecule has 0 radical (unpaired) electrons. The summed E-state index contributed by atoms with van der Waals surface area (Å²) < 4.78 is 0. The zero-order valence-electron chi connectivity index (χ0n) is 13.1. The summed E-state index contributed by atoms with van der Waals surface area (Å²) in [7, 11) is 0. The number of hydrogen-bond donors (Lipinski definition) is 2. The van der Waals surface area contributed by atoms with Gasteiger partial charge in [-0.25, -0.2) is 4.98 Å². The second kappa shape index (κ2) is 6.20. The standard InChI is InChI=1S/C20H13N4.Fe/c1-2-14-10-16-5-6-18(23-16)12-20-8-7-19(24-20)11-17-4-3-15(22-17)9-13(1)21-14;/h1-7,9-12,23-24H;/q-1;. The van der Waals surface area contributed by atoms with Gasteiger partial charge in [-0.1, -0.05) is 17.1 Å². The number of nitrogens with zero attached hydrogens (tertiary/aromatic N) is 2. The van der Waals surface area contributed by atoms with Crippen molar-refractivity contribution >= 4 is 46.4 Å². The van der Waals surface area contributed by atoms with Crippen molar-refractivity contribution < 1.29 is 17.1 Å². The predicted molar refractivity (Wildman–Crippen MR) is 97.7 cm³/mol. The van der Waals surface area contributed by atoms with Crippen molar-refractivity contribution in [1.29, 1.82) is 0 Å². The Kier molecular flexibility index (Phi) is 3.88. The average molecular weight is 365 g/mol. The summed E-state index contributed by atoms with van der Waals surface area (Å²) in [5.74, 6) is 0. The Hall–Kier alpha value is -2.88. The maximum absolute atomic E-state index is 4.61. The molecule has 2 aliphatic heterocycles. The van der Waals surface area contributed by atoms with E-state index < -0.39 is 0 Å². The number of hydrogen-bond acceptors (Lipinski definition) is 2. The van der Waals surface area contributed by atoms with Gasteiger partial charge in [0.1, 0.15) is 0 Å². The fourth-order valence-electron chi connectivity index (χ4n) is 2.87. The summed E-state index contributed by atoms with van der Waals surface area (Å²) in [5.41, 5.74) is 7.59. The van der Waals surface area contributed by atoms with E-state index in [0.29, 0.717) is 0 Å². The molecule has 0 saturated heterocycles. The SMILES string of the molecule is [Fe].[c-]1cc2cc3nc(cc4nc(cc5ccc(cc1[nH]2)[nH]5)C=C4)C=C3. The molecule has 0 fully saturated rings. The van der Waals surface area contributed by atoms with Gasteiger partial charge in [-0.2, -0.15) is 12.1 Å². The van der Waals surface area contributed by atoms with Crippen LogP contribution in [0.25, 0.3) is 46.4 Å². The van der Waals surface area contributed by atoms with Gasteiger partial charge in [-0.05, 0) is 54.1 Å². The van der Waals surface area contributed by atoms with Crippen molar-refractivity contribution in [3.63, 3.8) is 0 Å². The molecule has 8 bridgehead atoms. The van der Waals surface area contributed by atoms with Gasteiger partial charge in [-0.3, -0.25) is 4.98 Å². The van der Waals surface area contributed by atoms with Gasteiger partial charge in [0.25, 0.3) is 0 Å². The molecule has 5 rings (SSSR count). The number of rotatable bonds is 0. The van der Waals surface area contributed by atoms with E-state index in [2.05, 4.69) is 26.0 Å². The van der Waals surface area contributed by atoms with Crippen molar-refractivity contribution in [3.05, 3.63) is 71.3 Å². The maximum Gasteiger partial charge on any atom is 0.0659 e.